The van der Waals surface area contributed by atoms with Crippen LogP contribution in [0.15, 0.2) is 57.8 Å². The van der Waals surface area contributed by atoms with E-state index in [0.717, 1.165) is 17.0 Å². The number of rotatable bonds is 9. The Kier molecular flexibility index (Phi) is 8.93. The maximum absolute atomic E-state index is 13.4. The van der Waals surface area contributed by atoms with Gasteiger partial charge in [0.25, 0.3) is 10.0 Å². The van der Waals surface area contributed by atoms with Gasteiger partial charge in [-0.1, -0.05) is 75.9 Å². The fraction of sp³-hybridized carbons (Fsp3) is 0.500. The number of amidine groups is 1. The molecule has 2 rings (SSSR count). The minimum Gasteiger partial charge on any atom is -0.497 e. The van der Waals surface area contributed by atoms with E-state index in [1.54, 1.807) is 19.2 Å². The Hall–Kier alpha value is -2.12. The summed E-state index contributed by atoms with van der Waals surface area (Å²) < 4.78 is 36.5. The highest BCUT2D eigenvalue weighted by Crippen LogP contribution is 2.45. The molecule has 0 unspecified atom stereocenters. The van der Waals surface area contributed by atoms with Crippen LogP contribution in [0, 0.1) is 6.92 Å². The van der Waals surface area contributed by atoms with Gasteiger partial charge in [0.1, 0.15) is 11.6 Å². The number of nitrogens with zero attached hydrogens (tertiary/aromatic N) is 2. The minimum absolute atomic E-state index is 0.222. The summed E-state index contributed by atoms with van der Waals surface area (Å²) in [7, 11) is -2.28. The van der Waals surface area contributed by atoms with Gasteiger partial charge in [0, 0.05) is 18.8 Å². The molecule has 0 aliphatic carbocycles. The van der Waals surface area contributed by atoms with Crippen LogP contribution in [0.4, 0.5) is 5.69 Å². The lowest BCUT2D eigenvalue weighted by Gasteiger charge is -2.44. The highest BCUT2D eigenvalue weighted by Gasteiger charge is 2.44. The minimum atomic E-state index is -3.85. The monoisotopic (exact) mass is 488 g/mol. The van der Waals surface area contributed by atoms with Crippen LogP contribution < -0.4 is 9.64 Å². The zero-order valence-electron chi connectivity index (χ0n) is 21.6. The molecule has 0 bridgehead atoms. The van der Waals surface area contributed by atoms with Crippen molar-refractivity contribution in [2.45, 2.75) is 76.0 Å². The summed E-state index contributed by atoms with van der Waals surface area (Å²) >= 11 is 0. The highest BCUT2D eigenvalue weighted by atomic mass is 32.2. The molecular formula is C26H40N2O3SSi. The molecule has 0 fully saturated rings. The third-order valence-electron chi connectivity index (χ3n) is 7.08. The van der Waals surface area contributed by atoms with Crippen LogP contribution >= 0.6 is 0 Å². The molecule has 0 heterocycles. The lowest BCUT2D eigenvalue weighted by molar-refractivity contribution is 0.415. The highest BCUT2D eigenvalue weighted by molar-refractivity contribution is 7.90. The van der Waals surface area contributed by atoms with E-state index >= 15 is 0 Å². The molecule has 7 heteroatoms. The first-order chi connectivity index (χ1) is 15.3. The van der Waals surface area contributed by atoms with Crippen molar-refractivity contribution in [3.05, 3.63) is 54.1 Å². The van der Waals surface area contributed by atoms with Crippen LogP contribution in [0.3, 0.4) is 0 Å². The molecule has 0 amide bonds. The first kappa shape index (κ1) is 27.1. The van der Waals surface area contributed by atoms with Crippen LogP contribution in [0.2, 0.25) is 22.7 Å². The second-order valence-corrected chi connectivity index (χ2v) is 17.5. The number of sulfonamides is 1. The first-order valence-electron chi connectivity index (χ1n) is 11.6. The molecule has 0 aliphatic heterocycles. The SMILES string of the molecule is COc1ccc(N(C)/C(C[Si](C(C)C)(C(C)C)C(C)C)=N/S(=O)(=O)c2ccc(C)cc2)cc1. The molecule has 0 radical (unpaired) electrons. The third-order valence-corrected chi connectivity index (χ3v) is 15.8. The Morgan fingerprint density at radius 1 is 0.909 bits per heavy atom. The molecule has 182 valence electrons. The predicted molar refractivity (Wildman–Crippen MR) is 143 cm³/mol. The van der Waals surface area contributed by atoms with Crippen molar-refractivity contribution in [3.8, 4) is 5.75 Å². The molecule has 5 nitrogen and oxygen atoms in total. The largest absolute Gasteiger partial charge is 0.497 e. The van der Waals surface area contributed by atoms with E-state index in [1.807, 2.05) is 55.3 Å². The van der Waals surface area contributed by atoms with E-state index in [2.05, 4.69) is 45.9 Å². The van der Waals surface area contributed by atoms with Crippen LogP contribution in [0.5, 0.6) is 5.75 Å². The zero-order chi connectivity index (χ0) is 25.0. The summed E-state index contributed by atoms with van der Waals surface area (Å²) in [4.78, 5) is 2.15. The van der Waals surface area contributed by atoms with Crippen molar-refractivity contribution in [1.82, 2.24) is 0 Å². The zero-order valence-corrected chi connectivity index (χ0v) is 23.4. The molecule has 0 spiro atoms. The summed E-state index contributed by atoms with van der Waals surface area (Å²) in [6.45, 7) is 15.6. The molecule has 0 saturated heterocycles. The van der Waals surface area contributed by atoms with Gasteiger partial charge in [-0.15, -0.1) is 4.40 Å². The summed E-state index contributed by atoms with van der Waals surface area (Å²) in [6, 6.07) is 15.2. The van der Waals surface area contributed by atoms with Gasteiger partial charge >= 0.3 is 0 Å². The van der Waals surface area contributed by atoms with Crippen LogP contribution in [-0.2, 0) is 10.0 Å². The van der Waals surface area contributed by atoms with Crippen molar-refractivity contribution >= 4 is 29.6 Å². The van der Waals surface area contributed by atoms with Gasteiger partial charge in [-0.2, -0.15) is 8.42 Å². The topological polar surface area (TPSA) is 59.0 Å². The van der Waals surface area contributed by atoms with Crippen molar-refractivity contribution in [2.75, 3.05) is 19.1 Å². The van der Waals surface area contributed by atoms with Gasteiger partial charge in [-0.25, -0.2) is 0 Å². The smallest absolute Gasteiger partial charge is 0.283 e. The Balaban J connectivity index is 2.66. The van der Waals surface area contributed by atoms with Gasteiger partial charge in [0.15, 0.2) is 0 Å². The van der Waals surface area contributed by atoms with E-state index in [1.165, 1.54) is 0 Å². The Labute approximate surface area is 202 Å². The number of methoxy groups -OCH3 is 1. The van der Waals surface area contributed by atoms with Gasteiger partial charge in [-0.05, 0) is 43.3 Å². The predicted octanol–water partition coefficient (Wildman–Crippen LogP) is 6.91. The molecule has 0 aromatic heterocycles. The van der Waals surface area contributed by atoms with Crippen LogP contribution in [-0.4, -0.2) is 36.5 Å². The Morgan fingerprint density at radius 3 is 1.82 bits per heavy atom. The Morgan fingerprint density at radius 2 is 1.39 bits per heavy atom. The number of hydrogen-bond acceptors (Lipinski definition) is 3. The van der Waals surface area contributed by atoms with E-state index in [9.17, 15) is 8.42 Å². The molecule has 0 N–H and O–H groups in total. The Bertz CT molecular complexity index is 1020. The van der Waals surface area contributed by atoms with Gasteiger partial charge in [0.2, 0.25) is 0 Å². The fourth-order valence-corrected chi connectivity index (χ4v) is 12.2. The number of ether oxygens (including phenoxy) is 1. The average molecular weight is 489 g/mol. The number of aryl methyl sites for hydroxylation is 1. The van der Waals surface area contributed by atoms with Crippen molar-refractivity contribution in [2.24, 2.45) is 4.40 Å². The first-order valence-corrected chi connectivity index (χ1v) is 15.5. The third kappa shape index (κ3) is 6.06. The maximum Gasteiger partial charge on any atom is 0.283 e. The number of hydrogen-bond donors (Lipinski definition) is 0. The van der Waals surface area contributed by atoms with Crippen molar-refractivity contribution < 1.29 is 13.2 Å². The second-order valence-electron chi connectivity index (χ2n) is 9.81. The average Bonchev–Trinajstić information content (AvgIpc) is 2.75. The summed E-state index contributed by atoms with van der Waals surface area (Å²) in [5.41, 5.74) is 3.34. The molecule has 0 atom stereocenters. The number of benzene rings is 2. The van der Waals surface area contributed by atoms with E-state index in [4.69, 9.17) is 4.74 Å². The van der Waals surface area contributed by atoms with Gasteiger partial charge < -0.3 is 9.64 Å². The van der Waals surface area contributed by atoms with Crippen molar-refractivity contribution in [3.63, 3.8) is 0 Å². The summed E-state index contributed by atoms with van der Waals surface area (Å²) in [6.07, 6.45) is 0. The summed E-state index contributed by atoms with van der Waals surface area (Å²) in [5.74, 6) is 1.36. The van der Waals surface area contributed by atoms with Gasteiger partial charge in [-0.3, -0.25) is 0 Å². The lowest BCUT2D eigenvalue weighted by atomic mass is 10.2. The van der Waals surface area contributed by atoms with Crippen LogP contribution in [0.25, 0.3) is 0 Å². The van der Waals surface area contributed by atoms with Gasteiger partial charge in [0.05, 0.1) is 20.1 Å². The van der Waals surface area contributed by atoms with E-state index in [0.29, 0.717) is 28.5 Å². The quantitative estimate of drug-likeness (QED) is 0.219. The standard InChI is InChI=1S/C26H40N2O3SSi/c1-19(2)33(20(3)4,21(5)6)18-26(28(8)23-12-14-24(31-9)15-13-23)27-32(29,30)25-16-10-22(7)11-17-25/h10-17,19-21H,18H2,1-9H3/b27-26+. The second kappa shape index (κ2) is 10.9. The number of anilines is 1. The van der Waals surface area contributed by atoms with Crippen molar-refractivity contribution in [1.29, 1.82) is 0 Å². The molecule has 33 heavy (non-hydrogen) atoms. The molecule has 0 aliphatic rings. The fourth-order valence-electron chi connectivity index (χ4n) is 4.95. The molecule has 2 aromatic rings. The maximum atomic E-state index is 13.4. The van der Waals surface area contributed by atoms with E-state index in [-0.39, 0.29) is 4.90 Å². The summed E-state index contributed by atoms with van der Waals surface area (Å²) in [5, 5.41) is 0. The molecular weight excluding hydrogens is 448 g/mol. The lowest BCUT2D eigenvalue weighted by Crippen LogP contribution is -2.48. The van der Waals surface area contributed by atoms with E-state index < -0.39 is 18.1 Å². The normalized spacial score (nSPS) is 13.2. The van der Waals surface area contributed by atoms with Crippen LogP contribution in [0.1, 0.15) is 47.1 Å². The molecule has 0 saturated carbocycles. The molecule has 2 aromatic carbocycles.